The monoisotopic (exact) mass is 464 g/mol. The molecule has 0 fully saturated rings. The van der Waals surface area contributed by atoms with E-state index in [-0.39, 0.29) is 17.7 Å². The van der Waals surface area contributed by atoms with Gasteiger partial charge in [-0.05, 0) is 70.0 Å². The van der Waals surface area contributed by atoms with Crippen LogP contribution >= 0.6 is 15.9 Å². The maximum atomic E-state index is 13.2. The third kappa shape index (κ3) is 3.29. The highest BCUT2D eigenvalue weighted by molar-refractivity contribution is 9.10. The summed E-state index contributed by atoms with van der Waals surface area (Å²) in [6.45, 7) is 0. The first-order valence-electron chi connectivity index (χ1n) is 9.38. The van der Waals surface area contributed by atoms with Crippen LogP contribution in [0.4, 0.5) is 0 Å². The van der Waals surface area contributed by atoms with Crippen LogP contribution < -0.4 is 4.74 Å². The number of nitrogens with one attached hydrogen (secondary N) is 1. The lowest BCUT2D eigenvalue weighted by molar-refractivity contribution is 0.0671. The zero-order chi connectivity index (χ0) is 20.7. The molecule has 0 unspecified atom stereocenters. The highest BCUT2D eigenvalue weighted by Crippen LogP contribution is 2.34. The molecule has 0 bridgehead atoms. The molecular formula is C22H17BrN4O3. The Labute approximate surface area is 180 Å². The molecule has 30 heavy (non-hydrogen) atoms. The second-order valence-electron chi connectivity index (χ2n) is 6.89. The van der Waals surface area contributed by atoms with Crippen LogP contribution in [0.25, 0.3) is 11.0 Å². The van der Waals surface area contributed by atoms with Gasteiger partial charge in [0.1, 0.15) is 17.6 Å². The highest BCUT2D eigenvalue weighted by Gasteiger charge is 2.36. The molecule has 4 aromatic rings. The summed E-state index contributed by atoms with van der Waals surface area (Å²) >= 11 is 3.25. The van der Waals surface area contributed by atoms with E-state index in [4.69, 9.17) is 14.1 Å². The SMILES string of the molecule is COc1ccc(C2=NN(C(=O)c3ccc(Br)o3)[C@@H](c3nc4ccccc4[nH]3)C2)cc1. The smallest absolute Gasteiger partial charge is 0.310 e. The van der Waals surface area contributed by atoms with Crippen molar-refractivity contribution in [3.63, 3.8) is 0 Å². The van der Waals surface area contributed by atoms with Crippen molar-refractivity contribution in [2.24, 2.45) is 5.10 Å². The van der Waals surface area contributed by atoms with Crippen molar-refractivity contribution in [3.8, 4) is 5.75 Å². The summed E-state index contributed by atoms with van der Waals surface area (Å²) in [5.74, 6) is 1.33. The first-order chi connectivity index (χ1) is 14.6. The van der Waals surface area contributed by atoms with Gasteiger partial charge in [0, 0.05) is 6.42 Å². The number of hydrazone groups is 1. The van der Waals surface area contributed by atoms with Gasteiger partial charge >= 0.3 is 5.91 Å². The Bertz CT molecular complexity index is 1230. The topological polar surface area (TPSA) is 83.7 Å². The molecule has 3 heterocycles. The molecule has 150 valence electrons. The second kappa shape index (κ2) is 7.46. The number of ether oxygens (including phenoxy) is 1. The zero-order valence-corrected chi connectivity index (χ0v) is 17.6. The summed E-state index contributed by atoms with van der Waals surface area (Å²) in [6, 6.07) is 18.3. The first kappa shape index (κ1) is 18.6. The molecule has 0 saturated carbocycles. The van der Waals surface area contributed by atoms with Crippen molar-refractivity contribution in [2.45, 2.75) is 12.5 Å². The molecular weight excluding hydrogens is 448 g/mol. The number of hydrogen-bond donors (Lipinski definition) is 1. The summed E-state index contributed by atoms with van der Waals surface area (Å²) < 4.78 is 11.2. The molecule has 0 saturated heterocycles. The van der Waals surface area contributed by atoms with Gasteiger partial charge in [-0.2, -0.15) is 5.10 Å². The molecule has 0 aliphatic carbocycles. The molecule has 2 aromatic heterocycles. The molecule has 1 aliphatic rings. The second-order valence-corrected chi connectivity index (χ2v) is 7.67. The lowest BCUT2D eigenvalue weighted by atomic mass is 10.0. The van der Waals surface area contributed by atoms with E-state index >= 15 is 0 Å². The largest absolute Gasteiger partial charge is 0.497 e. The van der Waals surface area contributed by atoms with Gasteiger partial charge in [-0.15, -0.1) is 0 Å². The van der Waals surface area contributed by atoms with Gasteiger partial charge in [0.05, 0.1) is 23.9 Å². The summed E-state index contributed by atoms with van der Waals surface area (Å²) in [4.78, 5) is 21.2. The number of amides is 1. The number of carbonyl (C=O) groups is 1. The number of furan rings is 1. The molecule has 5 rings (SSSR count). The van der Waals surface area contributed by atoms with Crippen molar-refractivity contribution in [1.82, 2.24) is 15.0 Å². The summed E-state index contributed by atoms with van der Waals surface area (Å²) in [5, 5.41) is 6.10. The Morgan fingerprint density at radius 3 is 2.67 bits per heavy atom. The molecule has 0 spiro atoms. The lowest BCUT2D eigenvalue weighted by Crippen LogP contribution is -2.27. The summed E-state index contributed by atoms with van der Waals surface area (Å²) in [7, 11) is 1.63. The number of hydrogen-bond acceptors (Lipinski definition) is 5. The van der Waals surface area contributed by atoms with E-state index in [2.05, 4.69) is 26.0 Å². The number of H-pyrrole nitrogens is 1. The standard InChI is InChI=1S/C22H17BrN4O3/c1-29-14-8-6-13(7-9-14)17-12-18(21-24-15-4-2-3-5-16(15)25-21)27(26-17)22(28)19-10-11-20(23)30-19/h2-11,18H,12H2,1H3,(H,24,25)/t18-/m1/s1. The number of aromatic amines is 1. The Kier molecular flexibility index (Phi) is 4.63. The van der Waals surface area contributed by atoms with Gasteiger partial charge in [-0.3, -0.25) is 4.79 Å². The van der Waals surface area contributed by atoms with Crippen LogP contribution in [0, 0.1) is 0 Å². The van der Waals surface area contributed by atoms with Crippen LogP contribution in [-0.2, 0) is 0 Å². The number of para-hydroxylation sites is 2. The molecule has 8 heteroatoms. The molecule has 7 nitrogen and oxygen atoms in total. The number of fused-ring (bicyclic) bond motifs is 1. The van der Waals surface area contributed by atoms with Crippen molar-refractivity contribution >= 4 is 38.6 Å². The van der Waals surface area contributed by atoms with Gasteiger partial charge in [0.25, 0.3) is 0 Å². The number of aromatic nitrogens is 2. The predicted octanol–water partition coefficient (Wildman–Crippen LogP) is 4.92. The Morgan fingerprint density at radius 1 is 1.17 bits per heavy atom. The van der Waals surface area contributed by atoms with Crippen molar-refractivity contribution in [1.29, 1.82) is 0 Å². The molecule has 1 atom stereocenters. The number of carbonyl (C=O) groups excluding carboxylic acids is 1. The Balaban J connectivity index is 1.54. The minimum atomic E-state index is -0.370. The Hall–Kier alpha value is -3.39. The van der Waals surface area contributed by atoms with Crippen LogP contribution in [0.5, 0.6) is 5.75 Å². The van der Waals surface area contributed by atoms with Crippen LogP contribution in [0.2, 0.25) is 0 Å². The number of rotatable bonds is 4. The van der Waals surface area contributed by atoms with Crippen LogP contribution in [0.15, 0.2) is 74.9 Å². The number of methoxy groups -OCH3 is 1. The van der Waals surface area contributed by atoms with Crippen molar-refractivity contribution < 1.29 is 13.9 Å². The van der Waals surface area contributed by atoms with E-state index < -0.39 is 0 Å². The minimum Gasteiger partial charge on any atom is -0.497 e. The normalized spacial score (nSPS) is 16.1. The molecule has 0 radical (unpaired) electrons. The fourth-order valence-electron chi connectivity index (χ4n) is 3.54. The quantitative estimate of drug-likeness (QED) is 0.464. The van der Waals surface area contributed by atoms with Crippen molar-refractivity contribution in [2.75, 3.05) is 7.11 Å². The highest BCUT2D eigenvalue weighted by atomic mass is 79.9. The minimum absolute atomic E-state index is 0.211. The number of benzene rings is 2. The number of nitrogens with zero attached hydrogens (tertiary/aromatic N) is 3. The summed E-state index contributed by atoms with van der Waals surface area (Å²) in [5.41, 5.74) is 3.48. The average Bonchev–Trinajstić information content (AvgIpc) is 3.50. The first-order valence-corrected chi connectivity index (χ1v) is 10.2. The maximum Gasteiger partial charge on any atom is 0.310 e. The molecule has 1 N–H and O–H groups in total. The molecule has 1 amide bonds. The van der Waals surface area contributed by atoms with Crippen LogP contribution in [0.3, 0.4) is 0 Å². The van der Waals surface area contributed by atoms with E-state index in [1.807, 2.05) is 48.5 Å². The van der Waals surface area contributed by atoms with E-state index in [0.717, 1.165) is 28.1 Å². The lowest BCUT2D eigenvalue weighted by Gasteiger charge is -2.18. The van der Waals surface area contributed by atoms with Crippen molar-refractivity contribution in [3.05, 3.63) is 82.5 Å². The van der Waals surface area contributed by atoms with E-state index in [9.17, 15) is 4.79 Å². The molecule has 1 aliphatic heterocycles. The van der Waals surface area contributed by atoms with Gasteiger partial charge in [-0.25, -0.2) is 9.99 Å². The zero-order valence-electron chi connectivity index (χ0n) is 16.0. The van der Waals surface area contributed by atoms with Crippen LogP contribution in [0.1, 0.15) is 34.4 Å². The van der Waals surface area contributed by atoms with Gasteiger partial charge in [-0.1, -0.05) is 12.1 Å². The Morgan fingerprint density at radius 2 is 1.97 bits per heavy atom. The average molecular weight is 465 g/mol. The van der Waals surface area contributed by atoms with Gasteiger partial charge in [0.2, 0.25) is 0 Å². The van der Waals surface area contributed by atoms with Gasteiger partial charge < -0.3 is 14.1 Å². The predicted molar refractivity (Wildman–Crippen MR) is 116 cm³/mol. The van der Waals surface area contributed by atoms with Gasteiger partial charge in [0.15, 0.2) is 10.4 Å². The summed E-state index contributed by atoms with van der Waals surface area (Å²) in [6.07, 6.45) is 0.528. The third-order valence-electron chi connectivity index (χ3n) is 5.05. The maximum absolute atomic E-state index is 13.2. The number of halogens is 1. The fourth-order valence-corrected chi connectivity index (χ4v) is 3.85. The fraction of sp³-hybridized carbons (Fsp3) is 0.136. The number of imidazole rings is 1. The van der Waals surface area contributed by atoms with Crippen LogP contribution in [-0.4, -0.2) is 33.7 Å². The van der Waals surface area contributed by atoms with E-state index in [0.29, 0.717) is 16.9 Å². The van der Waals surface area contributed by atoms with E-state index in [1.165, 1.54) is 5.01 Å². The molecule has 2 aromatic carbocycles. The third-order valence-corrected chi connectivity index (χ3v) is 5.48. The van der Waals surface area contributed by atoms with E-state index in [1.54, 1.807) is 19.2 Å².